The number of hydrogen-bond acceptors (Lipinski definition) is 6. The molecule has 0 saturated heterocycles. The van der Waals surface area contributed by atoms with Crippen LogP contribution in [0.2, 0.25) is 0 Å². The Balaban J connectivity index is 1.39. The number of benzene rings is 2. The third-order valence-corrected chi connectivity index (χ3v) is 6.31. The van der Waals surface area contributed by atoms with E-state index in [0.29, 0.717) is 6.42 Å². The topological polar surface area (TPSA) is 122 Å². The Labute approximate surface area is 202 Å². The fourth-order valence-electron chi connectivity index (χ4n) is 4.32. The summed E-state index contributed by atoms with van der Waals surface area (Å²) in [6.07, 6.45) is 1.09. The number of fused-ring (bicyclic) bond motifs is 3. The molecule has 1 aromatic heterocycles. The van der Waals surface area contributed by atoms with Gasteiger partial charge in [0.25, 0.3) is 5.91 Å². The van der Waals surface area contributed by atoms with Crippen LogP contribution in [0.1, 0.15) is 53.4 Å². The third kappa shape index (κ3) is 5.03. The van der Waals surface area contributed by atoms with Crippen molar-refractivity contribution in [1.29, 1.82) is 0 Å². The summed E-state index contributed by atoms with van der Waals surface area (Å²) in [4.78, 5) is 37.9. The van der Waals surface area contributed by atoms with Crippen molar-refractivity contribution in [3.8, 4) is 11.1 Å². The van der Waals surface area contributed by atoms with Gasteiger partial charge in [-0.3, -0.25) is 9.59 Å². The van der Waals surface area contributed by atoms with E-state index in [1.165, 1.54) is 4.90 Å². The molecule has 3 aromatic rings. The van der Waals surface area contributed by atoms with Crippen molar-refractivity contribution in [3.05, 3.63) is 77.2 Å². The minimum Gasteiger partial charge on any atom is -0.480 e. The molecule has 1 aliphatic rings. The van der Waals surface area contributed by atoms with Crippen molar-refractivity contribution in [2.24, 2.45) is 0 Å². The number of carboxylic acid groups (broad SMARTS) is 1. The van der Waals surface area contributed by atoms with E-state index in [1.807, 2.05) is 43.3 Å². The van der Waals surface area contributed by atoms with Gasteiger partial charge in [-0.05, 0) is 35.6 Å². The first-order valence-electron chi connectivity index (χ1n) is 11.5. The number of carbonyl (C=O) groups excluding carboxylic acids is 2. The summed E-state index contributed by atoms with van der Waals surface area (Å²) >= 11 is 0. The zero-order chi connectivity index (χ0) is 24.9. The first-order valence-corrected chi connectivity index (χ1v) is 11.5. The predicted octanol–water partition coefficient (Wildman–Crippen LogP) is 4.04. The van der Waals surface area contributed by atoms with Crippen molar-refractivity contribution in [2.45, 2.75) is 38.8 Å². The fraction of sp³-hybridized carbons (Fsp3) is 0.308. The number of rotatable bonds is 9. The van der Waals surface area contributed by atoms with Gasteiger partial charge in [-0.1, -0.05) is 60.6 Å². The van der Waals surface area contributed by atoms with Crippen LogP contribution in [0, 0.1) is 0 Å². The summed E-state index contributed by atoms with van der Waals surface area (Å²) in [5, 5.41) is 15.6. The van der Waals surface area contributed by atoms with Gasteiger partial charge in [-0.25, -0.2) is 4.79 Å². The van der Waals surface area contributed by atoms with E-state index >= 15 is 0 Å². The number of nitrogens with zero attached hydrogens (tertiary/aromatic N) is 2. The molecule has 9 heteroatoms. The van der Waals surface area contributed by atoms with Crippen LogP contribution in [-0.4, -0.2) is 52.3 Å². The molecule has 0 aliphatic heterocycles. The van der Waals surface area contributed by atoms with Crippen molar-refractivity contribution >= 4 is 18.0 Å². The number of aromatic nitrogens is 1. The lowest BCUT2D eigenvalue weighted by Crippen LogP contribution is -2.42. The molecule has 0 spiro atoms. The third-order valence-electron chi connectivity index (χ3n) is 6.31. The second-order valence-corrected chi connectivity index (χ2v) is 8.44. The largest absolute Gasteiger partial charge is 0.480 e. The molecule has 1 aliphatic carbocycles. The fourth-order valence-corrected chi connectivity index (χ4v) is 4.32. The summed E-state index contributed by atoms with van der Waals surface area (Å²) in [6.45, 7) is 3.24. The first kappa shape index (κ1) is 24.0. The number of carboxylic acids is 1. The standard InChI is InChI=1S/C26H27N3O6/c1-3-16(2)29(13-24(30)31)25(32)22-15-35-28-23(22)12-27-26(33)34-14-21-19-10-6-4-8-17(19)18-9-5-7-11-20(18)21/h4-11,15-16,21H,3,12-14H2,1-2H3,(H,27,33)(H,30,31). The molecule has 0 radical (unpaired) electrons. The minimum absolute atomic E-state index is 0.0718. The summed E-state index contributed by atoms with van der Waals surface area (Å²) < 4.78 is 10.5. The molecule has 1 unspecified atom stereocenters. The van der Waals surface area contributed by atoms with Crippen molar-refractivity contribution in [1.82, 2.24) is 15.4 Å². The maximum absolute atomic E-state index is 13.0. The molecule has 0 bridgehead atoms. The van der Waals surface area contributed by atoms with Gasteiger partial charge in [0.15, 0.2) is 0 Å². The molecule has 2 N–H and O–H groups in total. The molecule has 1 heterocycles. The van der Waals surface area contributed by atoms with E-state index in [-0.39, 0.29) is 36.4 Å². The van der Waals surface area contributed by atoms with Gasteiger partial charge in [-0.15, -0.1) is 0 Å². The monoisotopic (exact) mass is 477 g/mol. The zero-order valence-corrected chi connectivity index (χ0v) is 19.6. The normalized spacial score (nSPS) is 13.0. The lowest BCUT2D eigenvalue weighted by atomic mass is 9.98. The molecular weight excluding hydrogens is 450 g/mol. The van der Waals surface area contributed by atoms with Gasteiger partial charge in [0.1, 0.15) is 30.7 Å². The molecular formula is C26H27N3O6. The van der Waals surface area contributed by atoms with Crippen LogP contribution >= 0.6 is 0 Å². The minimum atomic E-state index is -1.12. The summed E-state index contributed by atoms with van der Waals surface area (Å²) in [5.74, 6) is -1.71. The molecule has 2 aromatic carbocycles. The molecule has 1 atom stereocenters. The predicted molar refractivity (Wildman–Crippen MR) is 127 cm³/mol. The van der Waals surface area contributed by atoms with E-state index in [0.717, 1.165) is 28.5 Å². The molecule has 4 rings (SSSR count). The van der Waals surface area contributed by atoms with E-state index in [1.54, 1.807) is 6.92 Å². The van der Waals surface area contributed by atoms with Gasteiger partial charge >= 0.3 is 12.1 Å². The van der Waals surface area contributed by atoms with Crippen molar-refractivity contribution in [2.75, 3.05) is 13.2 Å². The maximum atomic E-state index is 13.0. The average molecular weight is 478 g/mol. The highest BCUT2D eigenvalue weighted by Crippen LogP contribution is 2.44. The number of amides is 2. The number of hydrogen-bond donors (Lipinski definition) is 2. The summed E-state index contributed by atoms with van der Waals surface area (Å²) in [5.41, 5.74) is 4.78. The highest BCUT2D eigenvalue weighted by molar-refractivity contribution is 5.96. The van der Waals surface area contributed by atoms with E-state index < -0.39 is 24.5 Å². The van der Waals surface area contributed by atoms with Crippen LogP contribution in [-0.2, 0) is 16.1 Å². The van der Waals surface area contributed by atoms with Crippen LogP contribution in [0.15, 0.2) is 59.3 Å². The molecule has 9 nitrogen and oxygen atoms in total. The van der Waals surface area contributed by atoms with Crippen molar-refractivity contribution in [3.63, 3.8) is 0 Å². The Morgan fingerprint density at radius 3 is 2.34 bits per heavy atom. The smallest absolute Gasteiger partial charge is 0.407 e. The Bertz CT molecular complexity index is 1190. The molecule has 182 valence electrons. The number of alkyl carbamates (subject to hydrolysis) is 1. The van der Waals surface area contributed by atoms with Crippen LogP contribution in [0.4, 0.5) is 4.79 Å². The van der Waals surface area contributed by atoms with E-state index in [2.05, 4.69) is 22.6 Å². The number of carbonyl (C=O) groups is 3. The van der Waals surface area contributed by atoms with Crippen LogP contribution in [0.3, 0.4) is 0 Å². The maximum Gasteiger partial charge on any atom is 0.407 e. The lowest BCUT2D eigenvalue weighted by Gasteiger charge is -2.26. The quantitative estimate of drug-likeness (QED) is 0.477. The Morgan fingerprint density at radius 1 is 1.11 bits per heavy atom. The van der Waals surface area contributed by atoms with Crippen LogP contribution in [0.25, 0.3) is 11.1 Å². The van der Waals surface area contributed by atoms with Gasteiger partial charge < -0.3 is 24.6 Å². The van der Waals surface area contributed by atoms with Crippen molar-refractivity contribution < 1.29 is 28.8 Å². The number of aliphatic carboxylic acids is 1. The zero-order valence-electron chi connectivity index (χ0n) is 19.6. The van der Waals surface area contributed by atoms with E-state index in [4.69, 9.17) is 9.26 Å². The first-order chi connectivity index (χ1) is 16.9. The highest BCUT2D eigenvalue weighted by Gasteiger charge is 2.30. The molecule has 2 amide bonds. The lowest BCUT2D eigenvalue weighted by molar-refractivity contribution is -0.138. The van der Waals surface area contributed by atoms with Gasteiger partial charge in [0, 0.05) is 12.0 Å². The Hall–Kier alpha value is -4.14. The van der Waals surface area contributed by atoms with Crippen LogP contribution < -0.4 is 5.32 Å². The number of ether oxygens (including phenoxy) is 1. The molecule has 0 fully saturated rings. The summed E-state index contributed by atoms with van der Waals surface area (Å²) in [6, 6.07) is 15.8. The number of nitrogens with one attached hydrogen (secondary N) is 1. The Morgan fingerprint density at radius 2 is 1.74 bits per heavy atom. The van der Waals surface area contributed by atoms with Crippen LogP contribution in [0.5, 0.6) is 0 Å². The molecule has 35 heavy (non-hydrogen) atoms. The molecule has 0 saturated carbocycles. The van der Waals surface area contributed by atoms with E-state index in [9.17, 15) is 19.5 Å². The second-order valence-electron chi connectivity index (χ2n) is 8.44. The highest BCUT2D eigenvalue weighted by atomic mass is 16.5. The Kier molecular flexibility index (Phi) is 7.14. The SMILES string of the molecule is CCC(C)N(CC(=O)O)C(=O)c1conc1CNC(=O)OCC1c2ccccc2-c2ccccc21. The second kappa shape index (κ2) is 10.4. The average Bonchev–Trinajstić information content (AvgIpc) is 3.46. The summed E-state index contributed by atoms with van der Waals surface area (Å²) in [7, 11) is 0. The van der Waals surface area contributed by atoms with Gasteiger partial charge in [0.05, 0.1) is 6.54 Å². The van der Waals surface area contributed by atoms with Gasteiger partial charge in [-0.2, -0.15) is 0 Å². The van der Waals surface area contributed by atoms with Gasteiger partial charge in [0.2, 0.25) is 0 Å².